The number of halogens is 3. The summed E-state index contributed by atoms with van der Waals surface area (Å²) in [4.78, 5) is 10.2. The number of hydrogen-bond acceptors (Lipinski definition) is 4. The van der Waals surface area contributed by atoms with Gasteiger partial charge in [-0.05, 0) is 41.5 Å². The third-order valence-corrected chi connectivity index (χ3v) is 4.03. The van der Waals surface area contributed by atoms with Gasteiger partial charge in [-0.3, -0.25) is 15.5 Å². The number of fused-ring (bicyclic) bond motifs is 1. The number of nitro groups is 1. The highest BCUT2D eigenvalue weighted by Crippen LogP contribution is 2.35. The summed E-state index contributed by atoms with van der Waals surface area (Å²) in [6.07, 6.45) is -4.66. The molecule has 0 heterocycles. The van der Waals surface area contributed by atoms with Gasteiger partial charge in [0, 0.05) is 6.07 Å². The molecule has 0 amide bonds. The van der Waals surface area contributed by atoms with Crippen LogP contribution >= 0.6 is 0 Å². The van der Waals surface area contributed by atoms with E-state index >= 15 is 0 Å². The molecule has 0 unspecified atom stereocenters. The molecule has 138 valence electrons. The Balaban J connectivity index is 1.90. The van der Waals surface area contributed by atoms with Crippen molar-refractivity contribution < 1.29 is 18.1 Å². The smallest absolute Gasteiger partial charge is 0.271 e. The molecule has 0 spiro atoms. The first-order valence-corrected chi connectivity index (χ1v) is 7.91. The minimum Gasteiger partial charge on any atom is -0.271 e. The Morgan fingerprint density at radius 1 is 1.04 bits per heavy atom. The molecule has 0 fully saturated rings. The van der Waals surface area contributed by atoms with Crippen molar-refractivity contribution in [3.63, 3.8) is 0 Å². The topological polar surface area (TPSA) is 67.5 Å². The van der Waals surface area contributed by atoms with Gasteiger partial charge in [0.1, 0.15) is 5.69 Å². The summed E-state index contributed by atoms with van der Waals surface area (Å²) in [5.41, 5.74) is 1.92. The molecule has 0 aliphatic heterocycles. The van der Waals surface area contributed by atoms with E-state index < -0.39 is 22.4 Å². The van der Waals surface area contributed by atoms with Crippen molar-refractivity contribution in [1.29, 1.82) is 0 Å². The summed E-state index contributed by atoms with van der Waals surface area (Å²) in [5, 5.41) is 17.3. The van der Waals surface area contributed by atoms with Crippen LogP contribution in [0.1, 0.15) is 18.1 Å². The maximum Gasteiger partial charge on any atom is 0.416 e. The Morgan fingerprint density at radius 2 is 1.74 bits per heavy atom. The number of anilines is 1. The number of nitrogens with one attached hydrogen (secondary N) is 1. The van der Waals surface area contributed by atoms with Gasteiger partial charge in [0.15, 0.2) is 0 Å². The predicted octanol–water partition coefficient (Wildman–Crippen LogP) is 5.60. The first-order valence-electron chi connectivity index (χ1n) is 7.91. The molecule has 0 radical (unpaired) electrons. The number of alkyl halides is 3. The molecule has 27 heavy (non-hydrogen) atoms. The highest BCUT2D eigenvalue weighted by atomic mass is 19.4. The monoisotopic (exact) mass is 373 g/mol. The molecule has 0 aromatic heterocycles. The van der Waals surface area contributed by atoms with Crippen molar-refractivity contribution in [1.82, 2.24) is 0 Å². The molecule has 3 rings (SSSR count). The summed E-state index contributed by atoms with van der Waals surface area (Å²) in [5.74, 6) is 0. The Labute approximate surface area is 152 Å². The van der Waals surface area contributed by atoms with Crippen LogP contribution in [0.15, 0.2) is 65.8 Å². The van der Waals surface area contributed by atoms with Gasteiger partial charge in [0.25, 0.3) is 5.69 Å². The number of rotatable bonds is 4. The van der Waals surface area contributed by atoms with E-state index in [9.17, 15) is 23.3 Å². The van der Waals surface area contributed by atoms with Gasteiger partial charge in [-0.1, -0.05) is 36.4 Å². The molecule has 0 saturated heterocycles. The summed E-state index contributed by atoms with van der Waals surface area (Å²) in [6, 6.07) is 15.7. The first-order chi connectivity index (χ1) is 12.8. The zero-order valence-corrected chi connectivity index (χ0v) is 14.1. The lowest BCUT2D eigenvalue weighted by Crippen LogP contribution is -2.07. The lowest BCUT2D eigenvalue weighted by atomic mass is 10.0. The second-order valence-electron chi connectivity index (χ2n) is 5.86. The molecule has 0 bridgehead atoms. The molecule has 5 nitrogen and oxygen atoms in total. The lowest BCUT2D eigenvalue weighted by Gasteiger charge is -2.09. The van der Waals surface area contributed by atoms with Crippen molar-refractivity contribution in [3.05, 3.63) is 81.9 Å². The number of nitrogens with zero attached hydrogens (tertiary/aromatic N) is 2. The number of hydrogen-bond donors (Lipinski definition) is 1. The van der Waals surface area contributed by atoms with E-state index in [1.165, 1.54) is 0 Å². The average Bonchev–Trinajstić information content (AvgIpc) is 2.64. The largest absolute Gasteiger partial charge is 0.416 e. The summed E-state index contributed by atoms with van der Waals surface area (Å²) in [7, 11) is 0. The van der Waals surface area contributed by atoms with E-state index in [1.807, 2.05) is 42.5 Å². The number of benzene rings is 3. The van der Waals surface area contributed by atoms with Crippen LogP contribution in [-0.2, 0) is 6.18 Å². The van der Waals surface area contributed by atoms with Gasteiger partial charge in [-0.2, -0.15) is 18.3 Å². The molecular weight excluding hydrogens is 359 g/mol. The van der Waals surface area contributed by atoms with Gasteiger partial charge in [0.2, 0.25) is 0 Å². The fourth-order valence-corrected chi connectivity index (χ4v) is 2.58. The Bertz CT molecular complexity index is 1050. The zero-order valence-electron chi connectivity index (χ0n) is 14.1. The van der Waals surface area contributed by atoms with Crippen LogP contribution in [0.5, 0.6) is 0 Å². The van der Waals surface area contributed by atoms with Gasteiger partial charge >= 0.3 is 6.18 Å². The maximum atomic E-state index is 12.8. The normalized spacial score (nSPS) is 12.2. The summed E-state index contributed by atoms with van der Waals surface area (Å²) in [6.45, 7) is 1.70. The molecule has 0 atom stereocenters. The van der Waals surface area contributed by atoms with Crippen molar-refractivity contribution in [2.24, 2.45) is 5.10 Å². The second kappa shape index (κ2) is 7.06. The zero-order chi connectivity index (χ0) is 19.6. The molecule has 3 aromatic rings. The van der Waals surface area contributed by atoms with E-state index in [2.05, 4.69) is 10.5 Å². The standard InChI is InChI=1S/C19H14F3N3O2/c1-12(14-7-6-13-4-2-3-5-15(13)10-14)23-24-17-9-8-16(19(20,21)22)11-18(17)25(26)27/h2-11,24H,1H3/b23-12-. The van der Waals surface area contributed by atoms with Gasteiger partial charge < -0.3 is 0 Å². The van der Waals surface area contributed by atoms with Crippen molar-refractivity contribution in [3.8, 4) is 0 Å². The van der Waals surface area contributed by atoms with Crippen molar-refractivity contribution >= 4 is 27.9 Å². The van der Waals surface area contributed by atoms with Gasteiger partial charge in [0.05, 0.1) is 16.2 Å². The van der Waals surface area contributed by atoms with Crippen molar-refractivity contribution in [2.45, 2.75) is 13.1 Å². The molecular formula is C19H14F3N3O2. The van der Waals surface area contributed by atoms with Crippen LogP contribution < -0.4 is 5.43 Å². The third-order valence-electron chi connectivity index (χ3n) is 4.03. The van der Waals surface area contributed by atoms with Crippen LogP contribution in [0, 0.1) is 10.1 Å². The van der Waals surface area contributed by atoms with Gasteiger partial charge in [-0.25, -0.2) is 0 Å². The van der Waals surface area contributed by atoms with E-state index in [4.69, 9.17) is 0 Å². The van der Waals surface area contributed by atoms with Crippen LogP contribution in [0.2, 0.25) is 0 Å². The lowest BCUT2D eigenvalue weighted by molar-refractivity contribution is -0.384. The minimum atomic E-state index is -4.66. The first kappa shape index (κ1) is 18.4. The highest BCUT2D eigenvalue weighted by Gasteiger charge is 2.33. The SMILES string of the molecule is C/C(=N/Nc1ccc(C(F)(F)F)cc1[N+](=O)[O-])c1ccc2ccccc2c1. The van der Waals surface area contributed by atoms with E-state index in [1.54, 1.807) is 6.92 Å². The molecule has 8 heteroatoms. The fourth-order valence-electron chi connectivity index (χ4n) is 2.58. The fraction of sp³-hybridized carbons (Fsp3) is 0.105. The Morgan fingerprint density at radius 3 is 2.41 bits per heavy atom. The van der Waals surface area contributed by atoms with E-state index in [0.717, 1.165) is 28.5 Å². The molecule has 0 saturated carbocycles. The third kappa shape index (κ3) is 4.05. The predicted molar refractivity (Wildman–Crippen MR) is 97.9 cm³/mol. The molecule has 0 aliphatic rings. The second-order valence-corrected chi connectivity index (χ2v) is 5.86. The Hall–Kier alpha value is -3.42. The summed E-state index contributed by atoms with van der Waals surface area (Å²) < 4.78 is 38.3. The van der Waals surface area contributed by atoms with Crippen LogP contribution in [0.4, 0.5) is 24.5 Å². The van der Waals surface area contributed by atoms with E-state index in [-0.39, 0.29) is 5.69 Å². The summed E-state index contributed by atoms with van der Waals surface area (Å²) >= 11 is 0. The quantitative estimate of drug-likeness (QED) is 0.368. The van der Waals surface area contributed by atoms with Crippen molar-refractivity contribution in [2.75, 3.05) is 5.43 Å². The maximum absolute atomic E-state index is 12.8. The Kier molecular flexibility index (Phi) is 4.81. The van der Waals surface area contributed by atoms with Gasteiger partial charge in [-0.15, -0.1) is 0 Å². The number of nitro benzene ring substituents is 1. The molecule has 1 N–H and O–H groups in total. The van der Waals surface area contributed by atoms with E-state index in [0.29, 0.717) is 11.8 Å². The number of hydrazone groups is 1. The molecule has 3 aromatic carbocycles. The molecule has 0 aliphatic carbocycles. The average molecular weight is 373 g/mol. The van der Waals surface area contributed by atoms with Crippen LogP contribution in [0.25, 0.3) is 10.8 Å². The van der Waals surface area contributed by atoms with Crippen LogP contribution in [0.3, 0.4) is 0 Å². The minimum absolute atomic E-state index is 0.117. The highest BCUT2D eigenvalue weighted by molar-refractivity contribution is 6.02. The van der Waals surface area contributed by atoms with Crippen LogP contribution in [-0.4, -0.2) is 10.6 Å².